The number of para-hydroxylation sites is 1. The molecule has 3 N–H and O–H groups in total. The molecule has 0 heterocycles. The highest BCUT2D eigenvalue weighted by Gasteiger charge is 2.16. The van der Waals surface area contributed by atoms with Crippen LogP contribution in [0.5, 0.6) is 5.75 Å². The summed E-state index contributed by atoms with van der Waals surface area (Å²) in [4.78, 5) is 22.1. The number of carbonyl (C=O) groups is 2. The maximum absolute atomic E-state index is 11.4. The number of nitrogens with one attached hydrogen (secondary N) is 1. The van der Waals surface area contributed by atoms with Crippen LogP contribution in [0, 0.1) is 0 Å². The van der Waals surface area contributed by atoms with Crippen molar-refractivity contribution < 1.29 is 19.1 Å². The Labute approximate surface area is 98.7 Å². The maximum atomic E-state index is 11.4. The van der Waals surface area contributed by atoms with E-state index in [2.05, 4.69) is 10.1 Å². The Bertz CT molecular complexity index is 380. The normalized spacial score (nSPS) is 11.6. The van der Waals surface area contributed by atoms with E-state index in [1.165, 1.54) is 7.11 Å². The Balaban J connectivity index is 2.37. The smallest absolute Gasteiger partial charge is 0.267 e. The molecule has 0 saturated carbocycles. The molecule has 1 rings (SSSR count). The molecule has 0 bridgehead atoms. The van der Waals surface area contributed by atoms with Crippen LogP contribution in [0.25, 0.3) is 0 Å². The molecule has 6 heteroatoms. The summed E-state index contributed by atoms with van der Waals surface area (Å²) in [6, 6.07) is 8.84. The van der Waals surface area contributed by atoms with Gasteiger partial charge >= 0.3 is 0 Å². The molecule has 2 amide bonds. The molecule has 92 valence electrons. The zero-order valence-electron chi connectivity index (χ0n) is 9.38. The van der Waals surface area contributed by atoms with Gasteiger partial charge in [0.25, 0.3) is 11.8 Å². The van der Waals surface area contributed by atoms with Crippen LogP contribution in [-0.2, 0) is 14.3 Å². The van der Waals surface area contributed by atoms with Gasteiger partial charge in [-0.05, 0) is 12.1 Å². The average Bonchev–Trinajstić information content (AvgIpc) is 2.34. The first-order valence-electron chi connectivity index (χ1n) is 4.93. The van der Waals surface area contributed by atoms with Crippen LogP contribution in [0.4, 0.5) is 0 Å². The summed E-state index contributed by atoms with van der Waals surface area (Å²) in [7, 11) is 1.27. The number of rotatable bonds is 6. The summed E-state index contributed by atoms with van der Waals surface area (Å²) < 4.78 is 9.85. The van der Waals surface area contributed by atoms with Crippen molar-refractivity contribution in [3.05, 3.63) is 30.3 Å². The zero-order valence-corrected chi connectivity index (χ0v) is 9.38. The van der Waals surface area contributed by atoms with Gasteiger partial charge in [-0.2, -0.15) is 0 Å². The lowest BCUT2D eigenvalue weighted by Gasteiger charge is -2.13. The van der Waals surface area contributed by atoms with Crippen molar-refractivity contribution in [2.75, 3.05) is 13.7 Å². The summed E-state index contributed by atoms with van der Waals surface area (Å²) in [5.41, 5.74) is 4.98. The van der Waals surface area contributed by atoms with Gasteiger partial charge < -0.3 is 20.5 Å². The minimum Gasteiger partial charge on any atom is -0.484 e. The van der Waals surface area contributed by atoms with Crippen molar-refractivity contribution in [1.29, 1.82) is 0 Å². The Kier molecular flexibility index (Phi) is 4.96. The van der Waals surface area contributed by atoms with E-state index in [0.29, 0.717) is 5.75 Å². The molecule has 1 unspecified atom stereocenters. The highest BCUT2D eigenvalue weighted by molar-refractivity contribution is 5.86. The first kappa shape index (κ1) is 13.0. The SMILES string of the molecule is COC(NC(=O)COc1ccccc1)C(N)=O. The highest BCUT2D eigenvalue weighted by Crippen LogP contribution is 2.07. The van der Waals surface area contributed by atoms with Crippen molar-refractivity contribution >= 4 is 11.8 Å². The molecule has 1 atom stereocenters. The topological polar surface area (TPSA) is 90.7 Å². The predicted molar refractivity (Wildman–Crippen MR) is 60.1 cm³/mol. The number of amides is 2. The molecule has 1 aromatic carbocycles. The summed E-state index contributed by atoms with van der Waals surface area (Å²) in [5.74, 6) is -0.684. The van der Waals surface area contributed by atoms with Crippen LogP contribution < -0.4 is 15.8 Å². The molecule has 1 aromatic rings. The summed E-state index contributed by atoms with van der Waals surface area (Å²) >= 11 is 0. The molecule has 0 radical (unpaired) electrons. The lowest BCUT2D eigenvalue weighted by atomic mass is 10.3. The molecule has 0 aromatic heterocycles. The van der Waals surface area contributed by atoms with Crippen LogP contribution in [0.15, 0.2) is 30.3 Å². The third kappa shape index (κ3) is 4.52. The summed E-state index contributed by atoms with van der Waals surface area (Å²) in [6.07, 6.45) is -1.14. The van der Waals surface area contributed by atoms with Gasteiger partial charge in [0, 0.05) is 7.11 Å². The van der Waals surface area contributed by atoms with Gasteiger partial charge in [0.05, 0.1) is 0 Å². The molecule has 0 saturated heterocycles. The van der Waals surface area contributed by atoms with E-state index in [1.807, 2.05) is 6.07 Å². The number of hydrogen-bond donors (Lipinski definition) is 2. The second kappa shape index (κ2) is 6.49. The van der Waals surface area contributed by atoms with Crippen LogP contribution in [0.2, 0.25) is 0 Å². The second-order valence-corrected chi connectivity index (χ2v) is 3.19. The van der Waals surface area contributed by atoms with E-state index in [4.69, 9.17) is 10.5 Å². The quantitative estimate of drug-likeness (QED) is 0.662. The second-order valence-electron chi connectivity index (χ2n) is 3.19. The van der Waals surface area contributed by atoms with Crippen molar-refractivity contribution in [3.8, 4) is 5.75 Å². The summed E-state index contributed by atoms with van der Waals surface area (Å²) in [6.45, 7) is -0.211. The fourth-order valence-corrected chi connectivity index (χ4v) is 1.10. The Hall–Kier alpha value is -2.08. The van der Waals surface area contributed by atoms with E-state index in [-0.39, 0.29) is 6.61 Å². The fraction of sp³-hybridized carbons (Fsp3) is 0.273. The van der Waals surface area contributed by atoms with Crippen LogP contribution >= 0.6 is 0 Å². The molecule has 0 spiro atoms. The van der Waals surface area contributed by atoms with Gasteiger partial charge in [-0.1, -0.05) is 18.2 Å². The molecule has 0 aliphatic rings. The maximum Gasteiger partial charge on any atom is 0.267 e. The Morgan fingerprint density at radius 1 is 1.35 bits per heavy atom. The molecule has 17 heavy (non-hydrogen) atoms. The largest absolute Gasteiger partial charge is 0.484 e. The van der Waals surface area contributed by atoms with Gasteiger partial charge in [0.15, 0.2) is 6.61 Å². The molecule has 0 fully saturated rings. The average molecular weight is 238 g/mol. The van der Waals surface area contributed by atoms with E-state index >= 15 is 0 Å². The highest BCUT2D eigenvalue weighted by atomic mass is 16.5. The molecular formula is C11H14N2O4. The molecule has 0 aliphatic carbocycles. The zero-order chi connectivity index (χ0) is 12.7. The van der Waals surface area contributed by atoms with Gasteiger partial charge in [-0.3, -0.25) is 9.59 Å². The van der Waals surface area contributed by atoms with E-state index in [9.17, 15) is 9.59 Å². The first-order valence-corrected chi connectivity index (χ1v) is 4.93. The fourth-order valence-electron chi connectivity index (χ4n) is 1.10. The van der Waals surface area contributed by atoms with E-state index < -0.39 is 18.0 Å². The van der Waals surface area contributed by atoms with Gasteiger partial charge in [0.2, 0.25) is 6.23 Å². The van der Waals surface area contributed by atoms with Crippen molar-refractivity contribution in [3.63, 3.8) is 0 Å². The van der Waals surface area contributed by atoms with Gasteiger partial charge in [-0.25, -0.2) is 0 Å². The minimum absolute atomic E-state index is 0.211. The number of hydrogen-bond acceptors (Lipinski definition) is 4. The standard InChI is InChI=1S/C11H14N2O4/c1-16-11(10(12)15)13-9(14)7-17-8-5-3-2-4-6-8/h2-6,11H,7H2,1H3,(H2,12,15)(H,13,14). The monoisotopic (exact) mass is 238 g/mol. The number of nitrogens with two attached hydrogens (primary N) is 1. The number of carbonyl (C=O) groups excluding carboxylic acids is 2. The number of methoxy groups -OCH3 is 1. The summed E-state index contributed by atoms with van der Waals surface area (Å²) in [5, 5.41) is 2.28. The van der Waals surface area contributed by atoms with E-state index in [0.717, 1.165) is 0 Å². The lowest BCUT2D eigenvalue weighted by Crippen LogP contribution is -2.47. The minimum atomic E-state index is -1.14. The third-order valence-corrected chi connectivity index (χ3v) is 1.90. The number of primary amides is 1. The molecule has 0 aliphatic heterocycles. The van der Waals surface area contributed by atoms with Gasteiger partial charge in [0.1, 0.15) is 5.75 Å². The predicted octanol–water partition coefficient (Wildman–Crippen LogP) is -0.361. The van der Waals surface area contributed by atoms with Crippen molar-refractivity contribution in [2.24, 2.45) is 5.73 Å². The third-order valence-electron chi connectivity index (χ3n) is 1.90. The van der Waals surface area contributed by atoms with E-state index in [1.54, 1.807) is 24.3 Å². The van der Waals surface area contributed by atoms with Crippen molar-refractivity contribution in [1.82, 2.24) is 5.32 Å². The van der Waals surface area contributed by atoms with Gasteiger partial charge in [-0.15, -0.1) is 0 Å². The number of benzene rings is 1. The Morgan fingerprint density at radius 3 is 2.53 bits per heavy atom. The Morgan fingerprint density at radius 2 is 2.00 bits per heavy atom. The lowest BCUT2D eigenvalue weighted by molar-refractivity contribution is -0.137. The first-order chi connectivity index (χ1) is 8.13. The van der Waals surface area contributed by atoms with Crippen molar-refractivity contribution in [2.45, 2.75) is 6.23 Å². The van der Waals surface area contributed by atoms with Crippen LogP contribution in [-0.4, -0.2) is 31.8 Å². The molecule has 6 nitrogen and oxygen atoms in total. The van der Waals surface area contributed by atoms with Crippen LogP contribution in [0.1, 0.15) is 0 Å². The van der Waals surface area contributed by atoms with Crippen LogP contribution in [0.3, 0.4) is 0 Å². The molecular weight excluding hydrogens is 224 g/mol. The number of ether oxygens (including phenoxy) is 2.